The molecule has 96 valence electrons. The molecule has 17 heavy (non-hydrogen) atoms. The third kappa shape index (κ3) is 5.56. The molecule has 0 fully saturated rings. The first kappa shape index (κ1) is 14.5. The molecule has 1 unspecified atom stereocenters. The van der Waals surface area contributed by atoms with E-state index in [1.54, 1.807) is 0 Å². The van der Waals surface area contributed by atoms with Gasteiger partial charge in [0.15, 0.2) is 0 Å². The second-order valence-electron chi connectivity index (χ2n) is 4.69. The van der Waals surface area contributed by atoms with Gasteiger partial charge in [0.2, 0.25) is 0 Å². The molecular weight excluding hydrogens is 230 g/mol. The Hall–Kier alpha value is -0.530. The molecule has 0 amide bonds. The van der Waals surface area contributed by atoms with Crippen LogP contribution in [0, 0.1) is 12.8 Å². The summed E-state index contributed by atoms with van der Waals surface area (Å²) in [6, 6.07) is 8.55. The number of rotatable bonds is 8. The van der Waals surface area contributed by atoms with Gasteiger partial charge in [0.05, 0.1) is 0 Å². The van der Waals surface area contributed by atoms with E-state index in [2.05, 4.69) is 43.4 Å². The third-order valence-electron chi connectivity index (χ3n) is 3.22. The van der Waals surface area contributed by atoms with Gasteiger partial charge in [-0.3, -0.25) is 0 Å². The standard InChI is InChI=1S/C15H24ClN/c1-3-6-14(9-10-16)11-17-12-15-8-5-4-7-13(15)2/h4-5,7-8,14,17H,3,6,9-12H2,1-2H3. The smallest absolute Gasteiger partial charge is 0.0226 e. The normalized spacial score (nSPS) is 12.6. The molecule has 0 aliphatic heterocycles. The molecule has 0 aromatic heterocycles. The molecule has 1 aromatic carbocycles. The topological polar surface area (TPSA) is 12.0 Å². The molecule has 2 heteroatoms. The number of hydrogen-bond acceptors (Lipinski definition) is 1. The first-order valence-corrected chi connectivity index (χ1v) is 7.12. The first-order chi connectivity index (χ1) is 8.27. The molecule has 0 heterocycles. The first-order valence-electron chi connectivity index (χ1n) is 6.59. The zero-order valence-corrected chi connectivity index (χ0v) is 11.8. The second-order valence-corrected chi connectivity index (χ2v) is 5.07. The molecule has 1 atom stereocenters. The van der Waals surface area contributed by atoms with Gasteiger partial charge in [-0.1, -0.05) is 37.6 Å². The Balaban J connectivity index is 2.33. The van der Waals surface area contributed by atoms with Gasteiger partial charge in [-0.05, 0) is 43.4 Å². The van der Waals surface area contributed by atoms with E-state index in [1.165, 1.54) is 24.0 Å². The van der Waals surface area contributed by atoms with Crippen molar-refractivity contribution in [2.75, 3.05) is 12.4 Å². The Morgan fingerprint density at radius 3 is 2.65 bits per heavy atom. The van der Waals surface area contributed by atoms with Crippen LogP contribution in [0.25, 0.3) is 0 Å². The lowest BCUT2D eigenvalue weighted by Crippen LogP contribution is -2.23. The predicted molar refractivity (Wildman–Crippen MR) is 76.6 cm³/mol. The highest BCUT2D eigenvalue weighted by molar-refractivity contribution is 6.17. The fraction of sp³-hybridized carbons (Fsp3) is 0.600. The van der Waals surface area contributed by atoms with Crippen molar-refractivity contribution in [2.24, 2.45) is 5.92 Å². The van der Waals surface area contributed by atoms with Crippen LogP contribution in [0.15, 0.2) is 24.3 Å². The Labute approximate surface area is 111 Å². The second kappa shape index (κ2) is 8.54. The van der Waals surface area contributed by atoms with E-state index in [0.29, 0.717) is 0 Å². The van der Waals surface area contributed by atoms with Gasteiger partial charge in [-0.15, -0.1) is 11.6 Å². The Morgan fingerprint density at radius 1 is 1.24 bits per heavy atom. The lowest BCUT2D eigenvalue weighted by atomic mass is 10.0. The van der Waals surface area contributed by atoms with Crippen LogP contribution < -0.4 is 5.32 Å². The molecule has 0 spiro atoms. The van der Waals surface area contributed by atoms with Crippen molar-refractivity contribution in [1.82, 2.24) is 5.32 Å². The van der Waals surface area contributed by atoms with Crippen LogP contribution in [0.3, 0.4) is 0 Å². The summed E-state index contributed by atoms with van der Waals surface area (Å²) in [6.45, 7) is 6.45. The van der Waals surface area contributed by atoms with Crippen molar-refractivity contribution in [1.29, 1.82) is 0 Å². The highest BCUT2D eigenvalue weighted by Gasteiger charge is 2.06. The maximum atomic E-state index is 5.83. The van der Waals surface area contributed by atoms with Crippen molar-refractivity contribution in [3.05, 3.63) is 35.4 Å². The van der Waals surface area contributed by atoms with Crippen LogP contribution in [0.4, 0.5) is 0 Å². The number of nitrogens with one attached hydrogen (secondary N) is 1. The molecule has 0 aliphatic rings. The molecule has 1 aromatic rings. The summed E-state index contributed by atoms with van der Waals surface area (Å²) in [6.07, 6.45) is 3.64. The summed E-state index contributed by atoms with van der Waals surface area (Å²) >= 11 is 5.83. The zero-order chi connectivity index (χ0) is 12.5. The monoisotopic (exact) mass is 253 g/mol. The minimum atomic E-state index is 0.724. The van der Waals surface area contributed by atoms with Crippen LogP contribution in [0.1, 0.15) is 37.3 Å². The van der Waals surface area contributed by atoms with Crippen LogP contribution in [0.2, 0.25) is 0 Å². The van der Waals surface area contributed by atoms with Crippen LogP contribution in [0.5, 0.6) is 0 Å². The number of aryl methyl sites for hydroxylation is 1. The summed E-state index contributed by atoms with van der Waals surface area (Å²) in [7, 11) is 0. The highest BCUT2D eigenvalue weighted by Crippen LogP contribution is 2.12. The van der Waals surface area contributed by atoms with Gasteiger partial charge in [-0.25, -0.2) is 0 Å². The maximum Gasteiger partial charge on any atom is 0.0226 e. The van der Waals surface area contributed by atoms with Crippen molar-refractivity contribution >= 4 is 11.6 Å². The van der Waals surface area contributed by atoms with E-state index >= 15 is 0 Å². The summed E-state index contributed by atoms with van der Waals surface area (Å²) in [5.74, 6) is 1.50. The van der Waals surface area contributed by atoms with Crippen LogP contribution >= 0.6 is 11.6 Å². The third-order valence-corrected chi connectivity index (χ3v) is 3.44. The van der Waals surface area contributed by atoms with Crippen molar-refractivity contribution < 1.29 is 0 Å². The SMILES string of the molecule is CCCC(CCCl)CNCc1ccccc1C. The van der Waals surface area contributed by atoms with Crippen LogP contribution in [-0.2, 0) is 6.54 Å². The van der Waals surface area contributed by atoms with Crippen molar-refractivity contribution in [3.8, 4) is 0 Å². The van der Waals surface area contributed by atoms with Gasteiger partial charge in [-0.2, -0.15) is 0 Å². The van der Waals surface area contributed by atoms with Gasteiger partial charge in [0.1, 0.15) is 0 Å². The molecular formula is C15H24ClN. The average molecular weight is 254 g/mol. The predicted octanol–water partition coefficient (Wildman–Crippen LogP) is 4.13. The number of alkyl halides is 1. The number of halogens is 1. The largest absolute Gasteiger partial charge is 0.312 e. The fourth-order valence-corrected chi connectivity index (χ4v) is 2.44. The van der Waals surface area contributed by atoms with E-state index < -0.39 is 0 Å². The van der Waals surface area contributed by atoms with E-state index in [4.69, 9.17) is 11.6 Å². The fourth-order valence-electron chi connectivity index (χ4n) is 2.13. The van der Waals surface area contributed by atoms with Crippen molar-refractivity contribution in [3.63, 3.8) is 0 Å². The lowest BCUT2D eigenvalue weighted by molar-refractivity contribution is 0.430. The highest BCUT2D eigenvalue weighted by atomic mass is 35.5. The zero-order valence-electron chi connectivity index (χ0n) is 11.0. The Kier molecular flexibility index (Phi) is 7.30. The Morgan fingerprint density at radius 2 is 2.00 bits per heavy atom. The van der Waals surface area contributed by atoms with E-state index in [0.717, 1.165) is 31.3 Å². The summed E-state index contributed by atoms with van der Waals surface area (Å²) in [4.78, 5) is 0. The average Bonchev–Trinajstić information content (AvgIpc) is 2.32. The van der Waals surface area contributed by atoms with Crippen molar-refractivity contribution in [2.45, 2.75) is 39.7 Å². The molecule has 1 rings (SSSR count). The Bertz CT molecular complexity index is 306. The molecule has 0 bridgehead atoms. The quantitative estimate of drug-likeness (QED) is 0.687. The summed E-state index contributed by atoms with van der Waals surface area (Å²) < 4.78 is 0. The van der Waals surface area contributed by atoms with Gasteiger partial charge >= 0.3 is 0 Å². The van der Waals surface area contributed by atoms with Gasteiger partial charge in [0, 0.05) is 12.4 Å². The minimum absolute atomic E-state index is 0.724. The molecule has 1 N–H and O–H groups in total. The lowest BCUT2D eigenvalue weighted by Gasteiger charge is -2.16. The number of hydrogen-bond donors (Lipinski definition) is 1. The molecule has 0 saturated carbocycles. The summed E-state index contributed by atoms with van der Waals surface area (Å²) in [5.41, 5.74) is 2.76. The van der Waals surface area contributed by atoms with Gasteiger partial charge < -0.3 is 5.32 Å². The minimum Gasteiger partial charge on any atom is -0.312 e. The van der Waals surface area contributed by atoms with E-state index in [1.807, 2.05) is 0 Å². The van der Waals surface area contributed by atoms with Crippen LogP contribution in [-0.4, -0.2) is 12.4 Å². The number of benzene rings is 1. The van der Waals surface area contributed by atoms with Gasteiger partial charge in [0.25, 0.3) is 0 Å². The summed E-state index contributed by atoms with van der Waals surface area (Å²) in [5, 5.41) is 3.55. The molecule has 0 saturated heterocycles. The maximum absolute atomic E-state index is 5.83. The molecule has 0 aliphatic carbocycles. The van der Waals surface area contributed by atoms with E-state index in [-0.39, 0.29) is 0 Å². The molecule has 0 radical (unpaired) electrons. The molecule has 1 nitrogen and oxygen atoms in total. The van der Waals surface area contributed by atoms with E-state index in [9.17, 15) is 0 Å².